The number of anilines is 1. The van der Waals surface area contributed by atoms with Gasteiger partial charge in [0.15, 0.2) is 0 Å². The smallest absolute Gasteiger partial charge is 0.335 e. The van der Waals surface area contributed by atoms with E-state index in [0.717, 1.165) is 24.6 Å². The molecule has 0 aliphatic carbocycles. The van der Waals surface area contributed by atoms with Gasteiger partial charge in [0, 0.05) is 18.8 Å². The second-order valence-electron chi connectivity index (χ2n) is 5.76. The molecule has 0 bridgehead atoms. The number of morpholine rings is 1. The molecule has 2 rings (SSSR count). The van der Waals surface area contributed by atoms with Crippen LogP contribution in [0.1, 0.15) is 49.7 Å². The molecule has 0 aromatic carbocycles. The van der Waals surface area contributed by atoms with Crippen molar-refractivity contribution in [2.24, 2.45) is 0 Å². The number of ether oxygens (including phenoxy) is 1. The summed E-state index contributed by atoms with van der Waals surface area (Å²) >= 11 is 0. The molecule has 20 heavy (non-hydrogen) atoms. The van der Waals surface area contributed by atoms with E-state index in [1.807, 2.05) is 27.7 Å². The molecule has 1 N–H and O–H groups in total. The molecule has 0 radical (unpaired) electrons. The monoisotopic (exact) mass is 278 g/mol. The fraction of sp³-hybridized carbons (Fsp3) is 0.600. The minimum atomic E-state index is -0.912. The van der Waals surface area contributed by atoms with Crippen molar-refractivity contribution in [1.29, 1.82) is 0 Å². The first-order chi connectivity index (χ1) is 9.36. The van der Waals surface area contributed by atoms with Gasteiger partial charge in [0.25, 0.3) is 0 Å². The van der Waals surface area contributed by atoms with E-state index >= 15 is 0 Å². The van der Waals surface area contributed by atoms with Crippen LogP contribution in [0.2, 0.25) is 0 Å². The van der Waals surface area contributed by atoms with Crippen LogP contribution in [-0.4, -0.2) is 41.4 Å². The van der Waals surface area contributed by atoms with Crippen LogP contribution in [0, 0.1) is 0 Å². The second-order valence-corrected chi connectivity index (χ2v) is 5.76. The Bertz CT molecular complexity index is 492. The van der Waals surface area contributed by atoms with Crippen molar-refractivity contribution in [3.8, 4) is 0 Å². The Balaban J connectivity index is 2.37. The maximum absolute atomic E-state index is 11.3. The van der Waals surface area contributed by atoms with Crippen LogP contribution in [0.25, 0.3) is 0 Å². The molecule has 2 atom stereocenters. The predicted molar refractivity (Wildman–Crippen MR) is 77.5 cm³/mol. The molecule has 110 valence electrons. The second kappa shape index (κ2) is 5.79. The van der Waals surface area contributed by atoms with Crippen LogP contribution in [-0.2, 0) is 4.74 Å². The quantitative estimate of drug-likeness (QED) is 0.920. The minimum absolute atomic E-state index is 0.122. The standard InChI is InChI=1S/C15H22N2O3/c1-9(2)13-5-12(15(18)19)6-14(16-13)17-7-10(3)20-11(4)8-17/h5-6,9-11H,7-8H2,1-4H3,(H,18,19). The third-order valence-corrected chi connectivity index (χ3v) is 3.41. The Labute approximate surface area is 119 Å². The van der Waals surface area contributed by atoms with Gasteiger partial charge in [-0.2, -0.15) is 0 Å². The highest BCUT2D eigenvalue weighted by Gasteiger charge is 2.24. The minimum Gasteiger partial charge on any atom is -0.478 e. The highest BCUT2D eigenvalue weighted by molar-refractivity contribution is 5.88. The molecule has 1 aromatic heterocycles. The van der Waals surface area contributed by atoms with Gasteiger partial charge in [0.1, 0.15) is 5.82 Å². The van der Waals surface area contributed by atoms with Crippen molar-refractivity contribution in [1.82, 2.24) is 4.98 Å². The first-order valence-corrected chi connectivity index (χ1v) is 7.02. The van der Waals surface area contributed by atoms with Crippen molar-refractivity contribution in [2.45, 2.75) is 45.8 Å². The zero-order valence-corrected chi connectivity index (χ0v) is 12.5. The van der Waals surface area contributed by atoms with Crippen molar-refractivity contribution in [3.63, 3.8) is 0 Å². The Morgan fingerprint density at radius 2 is 1.95 bits per heavy atom. The normalized spacial score (nSPS) is 23.1. The molecule has 2 unspecified atom stereocenters. The first-order valence-electron chi connectivity index (χ1n) is 7.02. The van der Waals surface area contributed by atoms with Gasteiger partial charge in [-0.05, 0) is 31.9 Å². The van der Waals surface area contributed by atoms with Gasteiger partial charge in [-0.1, -0.05) is 13.8 Å². The largest absolute Gasteiger partial charge is 0.478 e. The van der Waals surface area contributed by atoms with Gasteiger partial charge >= 0.3 is 5.97 Å². The van der Waals surface area contributed by atoms with Gasteiger partial charge in [-0.25, -0.2) is 9.78 Å². The summed E-state index contributed by atoms with van der Waals surface area (Å²) < 4.78 is 5.71. The summed E-state index contributed by atoms with van der Waals surface area (Å²) in [5.41, 5.74) is 1.11. The summed E-state index contributed by atoms with van der Waals surface area (Å²) in [7, 11) is 0. The van der Waals surface area contributed by atoms with Gasteiger partial charge in [-0.15, -0.1) is 0 Å². The lowest BCUT2D eigenvalue weighted by molar-refractivity contribution is -0.00547. The van der Waals surface area contributed by atoms with Gasteiger partial charge < -0.3 is 14.7 Å². The summed E-state index contributed by atoms with van der Waals surface area (Å²) in [4.78, 5) is 18.0. The summed E-state index contributed by atoms with van der Waals surface area (Å²) in [5, 5.41) is 9.25. The number of rotatable bonds is 3. The number of hydrogen-bond donors (Lipinski definition) is 1. The number of hydrogen-bond acceptors (Lipinski definition) is 4. The van der Waals surface area contributed by atoms with Crippen LogP contribution in [0.5, 0.6) is 0 Å². The Hall–Kier alpha value is -1.62. The lowest BCUT2D eigenvalue weighted by atomic mass is 10.1. The molecule has 2 heterocycles. The number of aromatic nitrogens is 1. The number of nitrogens with zero attached hydrogens (tertiary/aromatic N) is 2. The summed E-state index contributed by atoms with van der Waals surface area (Å²) in [5.74, 6) is 0.0180. The van der Waals surface area contributed by atoms with Crippen molar-refractivity contribution < 1.29 is 14.6 Å². The zero-order chi connectivity index (χ0) is 14.9. The predicted octanol–water partition coefficient (Wildman–Crippen LogP) is 2.52. The first kappa shape index (κ1) is 14.8. The maximum atomic E-state index is 11.3. The highest BCUT2D eigenvalue weighted by Crippen LogP contribution is 2.23. The average molecular weight is 278 g/mol. The summed E-state index contributed by atoms with van der Waals surface area (Å²) in [6, 6.07) is 3.31. The van der Waals surface area contributed by atoms with Crippen molar-refractivity contribution in [2.75, 3.05) is 18.0 Å². The Morgan fingerprint density at radius 1 is 1.35 bits per heavy atom. The molecule has 1 aromatic rings. The van der Waals surface area contributed by atoms with E-state index in [2.05, 4.69) is 9.88 Å². The Kier molecular flexibility index (Phi) is 4.28. The van der Waals surface area contributed by atoms with E-state index in [4.69, 9.17) is 4.74 Å². The third kappa shape index (κ3) is 3.28. The number of carboxylic acid groups (broad SMARTS) is 1. The molecule has 5 nitrogen and oxygen atoms in total. The van der Waals surface area contributed by atoms with E-state index < -0.39 is 5.97 Å². The number of pyridine rings is 1. The van der Waals surface area contributed by atoms with Gasteiger partial charge in [0.2, 0.25) is 0 Å². The van der Waals surface area contributed by atoms with E-state index in [0.29, 0.717) is 5.56 Å². The van der Waals surface area contributed by atoms with Crippen LogP contribution < -0.4 is 4.90 Å². The van der Waals surface area contributed by atoms with Gasteiger partial charge in [0.05, 0.1) is 17.8 Å². The molecule has 0 spiro atoms. The summed E-state index contributed by atoms with van der Waals surface area (Å²) in [6.45, 7) is 9.54. The fourth-order valence-electron chi connectivity index (χ4n) is 2.48. The van der Waals surface area contributed by atoms with Crippen LogP contribution in [0.15, 0.2) is 12.1 Å². The van der Waals surface area contributed by atoms with E-state index in [1.165, 1.54) is 0 Å². The lowest BCUT2D eigenvalue weighted by Crippen LogP contribution is -2.46. The molecule has 0 saturated carbocycles. The number of carboxylic acids is 1. The molecular formula is C15H22N2O3. The number of carbonyl (C=O) groups is 1. The van der Waals surface area contributed by atoms with Crippen molar-refractivity contribution >= 4 is 11.8 Å². The highest BCUT2D eigenvalue weighted by atomic mass is 16.5. The molecule has 1 aliphatic heterocycles. The molecule has 1 fully saturated rings. The molecule has 1 aliphatic rings. The lowest BCUT2D eigenvalue weighted by Gasteiger charge is -2.36. The van der Waals surface area contributed by atoms with E-state index in [-0.39, 0.29) is 18.1 Å². The molecular weight excluding hydrogens is 256 g/mol. The van der Waals surface area contributed by atoms with Crippen molar-refractivity contribution in [3.05, 3.63) is 23.4 Å². The number of aromatic carboxylic acids is 1. The maximum Gasteiger partial charge on any atom is 0.335 e. The SMILES string of the molecule is CC1CN(c2cc(C(=O)O)cc(C(C)C)n2)CC(C)O1. The average Bonchev–Trinajstić information content (AvgIpc) is 2.36. The molecule has 1 saturated heterocycles. The van der Waals surface area contributed by atoms with E-state index in [1.54, 1.807) is 12.1 Å². The topological polar surface area (TPSA) is 62.7 Å². The molecule has 0 amide bonds. The van der Waals surface area contributed by atoms with Gasteiger partial charge in [-0.3, -0.25) is 0 Å². The fourth-order valence-corrected chi connectivity index (χ4v) is 2.48. The third-order valence-electron chi connectivity index (χ3n) is 3.41. The van der Waals surface area contributed by atoms with Crippen LogP contribution >= 0.6 is 0 Å². The summed E-state index contributed by atoms with van der Waals surface area (Å²) in [6.07, 6.45) is 0.244. The molecule has 5 heteroatoms. The Morgan fingerprint density at radius 3 is 2.45 bits per heavy atom. The van der Waals surface area contributed by atoms with E-state index in [9.17, 15) is 9.90 Å². The zero-order valence-electron chi connectivity index (χ0n) is 12.5. The van der Waals surface area contributed by atoms with Crippen LogP contribution in [0.3, 0.4) is 0 Å². The van der Waals surface area contributed by atoms with Crippen LogP contribution in [0.4, 0.5) is 5.82 Å².